The number of fused-ring (bicyclic) bond motifs is 3. The van der Waals surface area contributed by atoms with Crippen molar-refractivity contribution in [2.24, 2.45) is 18.9 Å². The zero-order chi connectivity index (χ0) is 22.9. The van der Waals surface area contributed by atoms with E-state index in [1.54, 1.807) is 0 Å². The predicted octanol–water partition coefficient (Wildman–Crippen LogP) is 3.84. The summed E-state index contributed by atoms with van der Waals surface area (Å²) in [5.41, 5.74) is 4.90. The Balaban J connectivity index is 1.38. The maximum atomic E-state index is 13.4. The molecular formula is C27H37N3O3. The van der Waals surface area contributed by atoms with Crippen molar-refractivity contribution >= 4 is 22.7 Å². The summed E-state index contributed by atoms with van der Waals surface area (Å²) in [5.74, 6) is 1.62. The van der Waals surface area contributed by atoms with Gasteiger partial charge >= 0.3 is 0 Å². The van der Waals surface area contributed by atoms with Gasteiger partial charge in [-0.2, -0.15) is 0 Å². The lowest BCUT2D eigenvalue weighted by Crippen LogP contribution is -2.49. The molecular weight excluding hydrogens is 414 g/mol. The van der Waals surface area contributed by atoms with Crippen LogP contribution in [-0.4, -0.2) is 53.6 Å². The van der Waals surface area contributed by atoms with Crippen LogP contribution in [0.2, 0.25) is 0 Å². The molecule has 1 aromatic heterocycles. The number of likely N-dealkylation sites (tertiary alicyclic amines) is 1. The normalized spacial score (nSPS) is 24.0. The lowest BCUT2D eigenvalue weighted by molar-refractivity contribution is -0.121. The number of nitrogens with one attached hydrogen (secondary N) is 1. The van der Waals surface area contributed by atoms with Crippen molar-refractivity contribution in [3.63, 3.8) is 0 Å². The Morgan fingerprint density at radius 1 is 1.12 bits per heavy atom. The molecule has 2 fully saturated rings. The van der Waals surface area contributed by atoms with E-state index in [4.69, 9.17) is 4.74 Å². The number of hydrogen-bond donors (Lipinski definition) is 1. The van der Waals surface area contributed by atoms with Gasteiger partial charge in [0.2, 0.25) is 5.91 Å². The van der Waals surface area contributed by atoms with Gasteiger partial charge in [-0.25, -0.2) is 0 Å². The molecule has 3 aliphatic rings. The highest BCUT2D eigenvalue weighted by molar-refractivity contribution is 5.99. The van der Waals surface area contributed by atoms with E-state index in [1.807, 2.05) is 17.9 Å². The summed E-state index contributed by atoms with van der Waals surface area (Å²) in [4.78, 5) is 27.2. The van der Waals surface area contributed by atoms with Crippen molar-refractivity contribution in [2.45, 2.75) is 64.3 Å². The number of carbonyl (C=O) groups excluding carboxylic acids is 2. The van der Waals surface area contributed by atoms with Crippen molar-refractivity contribution in [3.05, 3.63) is 35.0 Å². The highest BCUT2D eigenvalue weighted by Gasteiger charge is 2.31. The van der Waals surface area contributed by atoms with Gasteiger partial charge in [0.25, 0.3) is 5.91 Å². The first-order valence-corrected chi connectivity index (χ1v) is 12.8. The second-order valence-electron chi connectivity index (χ2n) is 10.2. The van der Waals surface area contributed by atoms with E-state index in [0.717, 1.165) is 62.8 Å². The summed E-state index contributed by atoms with van der Waals surface area (Å²) < 4.78 is 7.94. The van der Waals surface area contributed by atoms with Crippen molar-refractivity contribution in [1.29, 1.82) is 0 Å². The van der Waals surface area contributed by atoms with E-state index in [0.29, 0.717) is 13.0 Å². The predicted molar refractivity (Wildman–Crippen MR) is 129 cm³/mol. The summed E-state index contributed by atoms with van der Waals surface area (Å²) in [6.45, 7) is 5.02. The number of piperidine rings is 1. The molecule has 6 heteroatoms. The third kappa shape index (κ3) is 4.42. The molecule has 5 rings (SSSR count). The number of hydrogen-bond acceptors (Lipinski definition) is 3. The molecule has 1 N–H and O–H groups in total. The monoisotopic (exact) mass is 451 g/mol. The maximum absolute atomic E-state index is 13.4. The Morgan fingerprint density at radius 3 is 2.73 bits per heavy atom. The molecule has 0 saturated carbocycles. The van der Waals surface area contributed by atoms with E-state index >= 15 is 0 Å². The Hall–Kier alpha value is -2.34. The maximum Gasteiger partial charge on any atom is 0.253 e. The van der Waals surface area contributed by atoms with Crippen molar-refractivity contribution in [3.8, 4) is 0 Å². The lowest BCUT2D eigenvalue weighted by atomic mass is 9.75. The summed E-state index contributed by atoms with van der Waals surface area (Å²) >= 11 is 0. The van der Waals surface area contributed by atoms with Gasteiger partial charge in [0.15, 0.2) is 0 Å². The van der Waals surface area contributed by atoms with Crippen LogP contribution in [-0.2, 0) is 29.4 Å². The molecule has 2 saturated heterocycles. The molecule has 2 aliphatic heterocycles. The summed E-state index contributed by atoms with van der Waals surface area (Å²) in [5, 5.41) is 4.32. The molecule has 2 aromatic rings. The summed E-state index contributed by atoms with van der Waals surface area (Å²) in [7, 11) is 2.17. The van der Waals surface area contributed by atoms with Gasteiger partial charge in [0, 0.05) is 68.0 Å². The molecule has 178 valence electrons. The van der Waals surface area contributed by atoms with Crippen molar-refractivity contribution in [1.82, 2.24) is 14.8 Å². The highest BCUT2D eigenvalue weighted by Crippen LogP contribution is 2.39. The molecule has 1 aromatic carbocycles. The number of benzene rings is 1. The van der Waals surface area contributed by atoms with Crippen molar-refractivity contribution < 1.29 is 14.3 Å². The molecule has 1 aliphatic carbocycles. The number of nitrogens with zero attached hydrogens (tertiary/aromatic N) is 2. The Labute approximate surface area is 196 Å². The van der Waals surface area contributed by atoms with E-state index in [2.05, 4.69) is 29.1 Å². The fraction of sp³-hybridized carbons (Fsp3) is 0.630. The quantitative estimate of drug-likeness (QED) is 0.768. The standard InChI is InChI=1S/C27H37N3O3/c1-3-26(31)28-21-5-4-12-30(17-21)27(32)20-7-9-25-23(16-20)22-15-19(6-8-24(22)29(25)2)18-10-13-33-14-11-18/h7,9,16,18-19,21H,3-6,8,10-15,17H2,1-2H3,(H,28,31). The van der Waals surface area contributed by atoms with Gasteiger partial charge < -0.3 is 19.5 Å². The number of aromatic nitrogens is 1. The zero-order valence-electron chi connectivity index (χ0n) is 20.1. The number of amides is 2. The molecule has 6 nitrogen and oxygen atoms in total. The average molecular weight is 452 g/mol. The van der Waals surface area contributed by atoms with Crippen LogP contribution < -0.4 is 5.32 Å². The fourth-order valence-electron chi connectivity index (χ4n) is 6.32. The topological polar surface area (TPSA) is 63.6 Å². The largest absolute Gasteiger partial charge is 0.381 e. The van der Waals surface area contributed by atoms with Crippen LogP contribution in [0.15, 0.2) is 18.2 Å². The first-order valence-electron chi connectivity index (χ1n) is 12.8. The highest BCUT2D eigenvalue weighted by atomic mass is 16.5. The van der Waals surface area contributed by atoms with E-state index in [-0.39, 0.29) is 17.9 Å². The third-order valence-corrected chi connectivity index (χ3v) is 8.23. The van der Waals surface area contributed by atoms with Gasteiger partial charge in [-0.15, -0.1) is 0 Å². The van der Waals surface area contributed by atoms with Gasteiger partial charge in [-0.3, -0.25) is 9.59 Å². The zero-order valence-corrected chi connectivity index (χ0v) is 20.1. The van der Waals surface area contributed by atoms with E-state index in [1.165, 1.54) is 41.4 Å². The van der Waals surface area contributed by atoms with E-state index < -0.39 is 0 Å². The van der Waals surface area contributed by atoms with E-state index in [9.17, 15) is 9.59 Å². The molecule has 0 radical (unpaired) electrons. The number of aryl methyl sites for hydroxylation is 1. The number of ether oxygens (including phenoxy) is 1. The first kappa shape index (κ1) is 22.5. The Kier molecular flexibility index (Phi) is 6.46. The van der Waals surface area contributed by atoms with Gasteiger partial charge in [0.05, 0.1) is 0 Å². The lowest BCUT2D eigenvalue weighted by Gasteiger charge is -2.33. The number of carbonyl (C=O) groups is 2. The minimum absolute atomic E-state index is 0.0589. The molecule has 2 unspecified atom stereocenters. The van der Waals surface area contributed by atoms with Crippen LogP contribution in [0.4, 0.5) is 0 Å². The SMILES string of the molecule is CCC(=O)NC1CCCN(C(=O)c2ccc3c(c2)c2c(n3C)CCC(C3CCOCC3)C2)C1. The van der Waals surface area contributed by atoms with Crippen LogP contribution in [0.25, 0.3) is 10.9 Å². The van der Waals surface area contributed by atoms with Crippen molar-refractivity contribution in [2.75, 3.05) is 26.3 Å². The smallest absolute Gasteiger partial charge is 0.253 e. The molecule has 3 heterocycles. The molecule has 0 bridgehead atoms. The Morgan fingerprint density at radius 2 is 1.94 bits per heavy atom. The summed E-state index contributed by atoms with van der Waals surface area (Å²) in [6, 6.07) is 6.31. The average Bonchev–Trinajstić information content (AvgIpc) is 3.15. The first-order chi connectivity index (χ1) is 16.0. The van der Waals surface area contributed by atoms with Gasteiger partial charge in [-0.05, 0) is 80.5 Å². The van der Waals surface area contributed by atoms with Gasteiger partial charge in [-0.1, -0.05) is 6.92 Å². The fourth-order valence-corrected chi connectivity index (χ4v) is 6.32. The molecule has 2 atom stereocenters. The molecule has 0 spiro atoms. The second-order valence-corrected chi connectivity index (χ2v) is 10.2. The Bertz CT molecular complexity index is 1040. The van der Waals surface area contributed by atoms with Crippen LogP contribution in [0.1, 0.15) is 67.1 Å². The number of rotatable bonds is 4. The minimum atomic E-state index is 0.0589. The van der Waals surface area contributed by atoms with Crippen LogP contribution in [0, 0.1) is 11.8 Å². The minimum Gasteiger partial charge on any atom is -0.381 e. The van der Waals surface area contributed by atoms with Gasteiger partial charge in [0.1, 0.15) is 0 Å². The second kappa shape index (κ2) is 9.49. The van der Waals surface area contributed by atoms with Crippen LogP contribution >= 0.6 is 0 Å². The third-order valence-electron chi connectivity index (χ3n) is 8.23. The molecule has 33 heavy (non-hydrogen) atoms. The van der Waals surface area contributed by atoms with Crippen LogP contribution in [0.5, 0.6) is 0 Å². The van der Waals surface area contributed by atoms with Crippen LogP contribution in [0.3, 0.4) is 0 Å². The summed E-state index contributed by atoms with van der Waals surface area (Å²) in [6.07, 6.45) is 8.20. The molecule has 2 amide bonds.